The molecule has 1 aliphatic rings. The fourth-order valence-electron chi connectivity index (χ4n) is 2.90. The summed E-state index contributed by atoms with van der Waals surface area (Å²) in [6.07, 6.45) is 3.28. The summed E-state index contributed by atoms with van der Waals surface area (Å²) in [6.45, 7) is 6.42. The fraction of sp³-hybridized carbons (Fsp3) is 0.474. The van der Waals surface area contributed by atoms with E-state index in [-0.39, 0.29) is 29.8 Å². The van der Waals surface area contributed by atoms with Crippen LogP contribution in [0.15, 0.2) is 34.9 Å². The molecule has 1 aliphatic carbocycles. The molecule has 2 N–H and O–H groups in total. The number of nitrogens with zero attached hydrogens (tertiary/aromatic N) is 1. The molecule has 2 amide bonds. The van der Waals surface area contributed by atoms with Crippen molar-refractivity contribution in [1.29, 1.82) is 0 Å². The second-order valence-electron chi connectivity index (χ2n) is 7.62. The van der Waals surface area contributed by atoms with Gasteiger partial charge in [0.2, 0.25) is 5.89 Å². The highest BCUT2D eigenvalue weighted by Crippen LogP contribution is 2.36. The largest absolute Gasteiger partial charge is 0.447 e. The number of halogens is 1. The topological polar surface area (TPSA) is 67.2 Å². The molecular weight excluding hydrogens is 321 g/mol. The molecule has 0 bridgehead atoms. The average Bonchev–Trinajstić information content (AvgIpc) is 2.97. The third-order valence-electron chi connectivity index (χ3n) is 4.51. The lowest BCUT2D eigenvalue weighted by atomic mass is 9.76. The fourth-order valence-corrected chi connectivity index (χ4v) is 2.90. The Morgan fingerprint density at radius 3 is 2.76 bits per heavy atom. The molecule has 1 fully saturated rings. The van der Waals surface area contributed by atoms with E-state index >= 15 is 0 Å². The lowest BCUT2D eigenvalue weighted by Gasteiger charge is -2.36. The molecule has 1 heterocycles. The van der Waals surface area contributed by atoms with E-state index in [2.05, 4.69) is 36.4 Å². The van der Waals surface area contributed by atoms with Gasteiger partial charge in [-0.25, -0.2) is 14.2 Å². The Hall–Kier alpha value is -2.37. The van der Waals surface area contributed by atoms with Crippen LogP contribution in [-0.4, -0.2) is 17.1 Å². The van der Waals surface area contributed by atoms with Crippen LogP contribution < -0.4 is 10.6 Å². The quantitative estimate of drug-likeness (QED) is 0.884. The van der Waals surface area contributed by atoms with Gasteiger partial charge < -0.3 is 15.1 Å². The summed E-state index contributed by atoms with van der Waals surface area (Å²) < 4.78 is 18.6. The first-order valence-electron chi connectivity index (χ1n) is 8.56. The van der Waals surface area contributed by atoms with Crippen LogP contribution in [0, 0.1) is 5.82 Å². The van der Waals surface area contributed by atoms with Gasteiger partial charge in [0.25, 0.3) is 0 Å². The molecule has 134 valence electrons. The maximum absolute atomic E-state index is 13.2. The molecule has 1 aromatic heterocycles. The Morgan fingerprint density at radius 2 is 2.12 bits per heavy atom. The SMILES string of the molecule is CC(C)(C)c1coc(CNC(=O)NC2CC(c3cccc(F)c3)C2)n1. The molecule has 3 rings (SSSR count). The lowest BCUT2D eigenvalue weighted by Crippen LogP contribution is -2.47. The van der Waals surface area contributed by atoms with Crippen LogP contribution in [0.2, 0.25) is 0 Å². The number of benzene rings is 1. The smallest absolute Gasteiger partial charge is 0.315 e. The van der Waals surface area contributed by atoms with Crippen molar-refractivity contribution in [2.75, 3.05) is 0 Å². The van der Waals surface area contributed by atoms with E-state index in [9.17, 15) is 9.18 Å². The highest BCUT2D eigenvalue weighted by molar-refractivity contribution is 5.74. The van der Waals surface area contributed by atoms with Crippen LogP contribution in [0.4, 0.5) is 9.18 Å². The number of oxazole rings is 1. The third-order valence-corrected chi connectivity index (χ3v) is 4.51. The normalized spacial score (nSPS) is 20.0. The monoisotopic (exact) mass is 345 g/mol. The van der Waals surface area contributed by atoms with Crippen LogP contribution in [0.3, 0.4) is 0 Å². The number of carbonyl (C=O) groups excluding carboxylic acids is 1. The predicted octanol–water partition coefficient (Wildman–Crippen LogP) is 3.86. The van der Waals surface area contributed by atoms with Gasteiger partial charge in [0.05, 0.1) is 12.2 Å². The molecule has 1 saturated carbocycles. The van der Waals surface area contributed by atoms with Crippen LogP contribution in [-0.2, 0) is 12.0 Å². The first-order valence-corrected chi connectivity index (χ1v) is 8.56. The maximum atomic E-state index is 13.2. The number of rotatable bonds is 4. The van der Waals surface area contributed by atoms with Crippen molar-refractivity contribution in [3.63, 3.8) is 0 Å². The minimum absolute atomic E-state index is 0.0815. The van der Waals surface area contributed by atoms with Gasteiger partial charge >= 0.3 is 6.03 Å². The first-order chi connectivity index (χ1) is 11.8. The summed E-state index contributed by atoms with van der Waals surface area (Å²) in [7, 11) is 0. The van der Waals surface area contributed by atoms with Gasteiger partial charge in [0.1, 0.15) is 12.1 Å². The molecule has 6 heteroatoms. The molecule has 1 aromatic carbocycles. The van der Waals surface area contributed by atoms with E-state index in [1.54, 1.807) is 18.4 Å². The zero-order chi connectivity index (χ0) is 18.0. The standard InChI is InChI=1S/C19H24FN3O2/c1-19(2,3)16-11-25-17(23-16)10-21-18(24)22-15-8-13(9-15)12-5-4-6-14(20)7-12/h4-7,11,13,15H,8-10H2,1-3H3,(H2,21,22,24). The zero-order valence-corrected chi connectivity index (χ0v) is 14.8. The van der Waals surface area contributed by atoms with Crippen LogP contribution in [0.1, 0.15) is 56.7 Å². The second-order valence-corrected chi connectivity index (χ2v) is 7.62. The Kier molecular flexibility index (Phi) is 4.79. The van der Waals surface area contributed by atoms with Crippen molar-refractivity contribution in [1.82, 2.24) is 15.6 Å². The van der Waals surface area contributed by atoms with E-state index < -0.39 is 0 Å². The average molecular weight is 345 g/mol. The van der Waals surface area contributed by atoms with Crippen molar-refractivity contribution in [2.24, 2.45) is 0 Å². The Bertz CT molecular complexity index is 745. The molecule has 0 spiro atoms. The molecule has 0 unspecified atom stereocenters. The van der Waals surface area contributed by atoms with Crippen molar-refractivity contribution in [3.05, 3.63) is 53.5 Å². The van der Waals surface area contributed by atoms with Gasteiger partial charge in [0, 0.05) is 11.5 Å². The summed E-state index contributed by atoms with van der Waals surface area (Å²) in [6, 6.07) is 6.54. The van der Waals surface area contributed by atoms with Crippen molar-refractivity contribution in [2.45, 2.75) is 57.5 Å². The summed E-state index contributed by atoms with van der Waals surface area (Å²) >= 11 is 0. The minimum atomic E-state index is -0.238. The van der Waals surface area contributed by atoms with Crippen molar-refractivity contribution >= 4 is 6.03 Å². The highest BCUT2D eigenvalue weighted by Gasteiger charge is 2.31. The summed E-state index contributed by atoms with van der Waals surface area (Å²) in [5, 5.41) is 5.69. The second kappa shape index (κ2) is 6.86. The van der Waals surface area contributed by atoms with E-state index in [0.717, 1.165) is 24.1 Å². The van der Waals surface area contributed by atoms with Gasteiger partial charge in [0.15, 0.2) is 0 Å². The molecule has 2 aromatic rings. The van der Waals surface area contributed by atoms with Gasteiger partial charge in [-0.3, -0.25) is 0 Å². The minimum Gasteiger partial charge on any atom is -0.447 e. The molecule has 0 aliphatic heterocycles. The Morgan fingerprint density at radius 1 is 1.36 bits per heavy atom. The van der Waals surface area contributed by atoms with Crippen molar-refractivity contribution in [3.8, 4) is 0 Å². The number of hydrogen-bond acceptors (Lipinski definition) is 3. The number of nitrogens with one attached hydrogen (secondary N) is 2. The number of carbonyl (C=O) groups is 1. The molecule has 0 radical (unpaired) electrons. The number of aromatic nitrogens is 1. The summed E-state index contributed by atoms with van der Waals surface area (Å²) in [4.78, 5) is 16.4. The number of hydrogen-bond donors (Lipinski definition) is 2. The molecule has 25 heavy (non-hydrogen) atoms. The molecular formula is C19H24FN3O2. The van der Waals surface area contributed by atoms with Crippen LogP contribution >= 0.6 is 0 Å². The highest BCUT2D eigenvalue weighted by atomic mass is 19.1. The van der Waals surface area contributed by atoms with Crippen LogP contribution in [0.5, 0.6) is 0 Å². The molecule has 0 atom stereocenters. The molecule has 5 nitrogen and oxygen atoms in total. The third kappa shape index (κ3) is 4.38. The number of urea groups is 1. The van der Waals surface area contributed by atoms with E-state index in [1.165, 1.54) is 6.07 Å². The van der Waals surface area contributed by atoms with E-state index in [0.29, 0.717) is 11.8 Å². The Labute approximate surface area is 147 Å². The number of amides is 2. The Balaban J connectivity index is 1.41. The summed E-state index contributed by atoms with van der Waals surface area (Å²) in [5.41, 5.74) is 1.77. The maximum Gasteiger partial charge on any atom is 0.315 e. The van der Waals surface area contributed by atoms with Gasteiger partial charge in [-0.2, -0.15) is 0 Å². The van der Waals surface area contributed by atoms with Gasteiger partial charge in [-0.15, -0.1) is 0 Å². The van der Waals surface area contributed by atoms with Crippen LogP contribution in [0.25, 0.3) is 0 Å². The zero-order valence-electron chi connectivity index (χ0n) is 14.8. The first kappa shape index (κ1) is 17.5. The predicted molar refractivity (Wildman–Crippen MR) is 92.7 cm³/mol. The van der Waals surface area contributed by atoms with E-state index in [1.807, 2.05) is 6.07 Å². The van der Waals surface area contributed by atoms with Gasteiger partial charge in [-0.05, 0) is 36.5 Å². The lowest BCUT2D eigenvalue weighted by molar-refractivity contribution is 0.221. The summed E-state index contributed by atoms with van der Waals surface area (Å²) in [5.74, 6) is 0.584. The molecule has 0 saturated heterocycles. The van der Waals surface area contributed by atoms with Gasteiger partial charge in [-0.1, -0.05) is 32.9 Å². The van der Waals surface area contributed by atoms with Crippen molar-refractivity contribution < 1.29 is 13.6 Å². The van der Waals surface area contributed by atoms with E-state index in [4.69, 9.17) is 4.42 Å².